The van der Waals surface area contributed by atoms with E-state index in [1.54, 1.807) is 0 Å². The third kappa shape index (κ3) is 6.48. The highest BCUT2D eigenvalue weighted by Crippen LogP contribution is 2.55. The van der Waals surface area contributed by atoms with Crippen molar-refractivity contribution >= 4 is 18.7 Å². The molecule has 0 radical (unpaired) electrons. The van der Waals surface area contributed by atoms with E-state index in [0.717, 1.165) is 85.2 Å². The summed E-state index contributed by atoms with van der Waals surface area (Å²) in [7, 11) is -0.459. The predicted molar refractivity (Wildman–Crippen MR) is 176 cm³/mol. The summed E-state index contributed by atoms with van der Waals surface area (Å²) in [5.74, 6) is 1.20. The molecule has 3 fully saturated rings. The van der Waals surface area contributed by atoms with Gasteiger partial charge in [-0.3, -0.25) is 9.18 Å². The summed E-state index contributed by atoms with van der Waals surface area (Å²) in [5, 5.41) is 0. The molecule has 2 atom stereocenters. The van der Waals surface area contributed by atoms with Crippen LogP contribution in [0.5, 0.6) is 11.5 Å². The molecule has 6 rings (SSSR count). The Kier molecular flexibility index (Phi) is 8.49. The number of alkyl halides is 1. The summed E-state index contributed by atoms with van der Waals surface area (Å²) in [6.07, 6.45) is 5.63. The second kappa shape index (κ2) is 11.8. The Labute approximate surface area is 268 Å². The molecule has 4 aliphatic rings. The number of rotatable bonds is 8. The van der Waals surface area contributed by atoms with Crippen LogP contribution in [0.1, 0.15) is 97.3 Å². The van der Waals surface area contributed by atoms with Gasteiger partial charge in [0.05, 0.1) is 23.3 Å². The average Bonchev–Trinajstić information content (AvgIpc) is 3.44. The molecular formula is C37H49BFNO5. The van der Waals surface area contributed by atoms with Crippen molar-refractivity contribution in [3.63, 3.8) is 0 Å². The van der Waals surface area contributed by atoms with E-state index in [1.165, 1.54) is 0 Å². The van der Waals surface area contributed by atoms with Crippen molar-refractivity contribution in [3.05, 3.63) is 64.6 Å². The van der Waals surface area contributed by atoms with E-state index in [-0.39, 0.29) is 24.2 Å². The molecule has 2 aromatic rings. The monoisotopic (exact) mass is 617 g/mol. The van der Waals surface area contributed by atoms with Gasteiger partial charge < -0.3 is 23.7 Å². The molecule has 6 nitrogen and oxygen atoms in total. The molecule has 0 aromatic heterocycles. The van der Waals surface area contributed by atoms with Crippen molar-refractivity contribution in [2.75, 3.05) is 26.3 Å². The summed E-state index contributed by atoms with van der Waals surface area (Å²) >= 11 is 0. The molecule has 2 unspecified atom stereocenters. The summed E-state index contributed by atoms with van der Waals surface area (Å²) in [6, 6.07) is 14.5. The maximum atomic E-state index is 12.7. The second-order valence-electron chi connectivity index (χ2n) is 15.6. The van der Waals surface area contributed by atoms with Gasteiger partial charge in [-0.1, -0.05) is 18.2 Å². The molecule has 0 N–H and O–H groups in total. The van der Waals surface area contributed by atoms with Crippen LogP contribution in [0, 0.1) is 10.8 Å². The molecule has 2 aliphatic carbocycles. The maximum Gasteiger partial charge on any atom is 0.491 e. The number of carbonyl (C=O) groups is 1. The molecule has 2 heterocycles. The van der Waals surface area contributed by atoms with Crippen molar-refractivity contribution in [2.24, 2.45) is 10.8 Å². The Hall–Kier alpha value is -2.68. The minimum absolute atomic E-state index is 0.214. The molecule has 2 aromatic carbocycles. The molecule has 0 bridgehead atoms. The van der Waals surface area contributed by atoms with Gasteiger partial charge in [-0.05, 0) is 146 Å². The van der Waals surface area contributed by atoms with Crippen LogP contribution < -0.4 is 9.47 Å². The van der Waals surface area contributed by atoms with Gasteiger partial charge in [-0.2, -0.15) is 0 Å². The van der Waals surface area contributed by atoms with Crippen LogP contribution in [-0.2, 0) is 20.5 Å². The highest BCUT2D eigenvalue weighted by atomic mass is 19.1. The van der Waals surface area contributed by atoms with Crippen molar-refractivity contribution < 1.29 is 28.0 Å². The van der Waals surface area contributed by atoms with E-state index in [4.69, 9.17) is 18.8 Å². The van der Waals surface area contributed by atoms with Gasteiger partial charge in [-0.15, -0.1) is 0 Å². The smallest absolute Gasteiger partial charge is 0.490 e. The largest absolute Gasteiger partial charge is 0.491 e. The van der Waals surface area contributed by atoms with E-state index in [1.807, 2.05) is 32.9 Å². The summed E-state index contributed by atoms with van der Waals surface area (Å²) in [4.78, 5) is 15.0. The zero-order valence-corrected chi connectivity index (χ0v) is 28.1. The summed E-state index contributed by atoms with van der Waals surface area (Å²) in [6.45, 7) is 16.6. The normalized spacial score (nSPS) is 25.8. The molecule has 1 saturated carbocycles. The summed E-state index contributed by atoms with van der Waals surface area (Å²) < 4.78 is 38.2. The minimum Gasteiger partial charge on any atom is -0.490 e. The van der Waals surface area contributed by atoms with E-state index in [2.05, 4.69) is 62.9 Å². The van der Waals surface area contributed by atoms with E-state index in [0.29, 0.717) is 12.2 Å². The number of nitrogens with zero attached hydrogens (tertiary/aromatic N) is 1. The average molecular weight is 618 g/mol. The number of hydrogen-bond donors (Lipinski definition) is 0. The number of benzene rings is 2. The number of halogens is 1. The van der Waals surface area contributed by atoms with Gasteiger partial charge in [-0.25, -0.2) is 0 Å². The third-order valence-corrected chi connectivity index (χ3v) is 10.5. The standard InChI is InChI=1S/C37H49BFNO5/c1-34(2,3)33(41)43-28-16-17-29-26(22-28)10-8-11-30(38-44-35(4,5)36(6,7)45-38)32(29)25-12-14-27(15-13-25)42-31-23-37(31)18-21-40(24-37)20-9-19-39/h12-17,22,31H,8-11,18-21,23-24H2,1-7H3. The fourth-order valence-electron chi connectivity index (χ4n) is 6.90. The van der Waals surface area contributed by atoms with Crippen molar-refractivity contribution in [1.82, 2.24) is 4.90 Å². The van der Waals surface area contributed by atoms with Gasteiger partial charge in [0.1, 0.15) is 17.6 Å². The Morgan fingerprint density at radius 1 is 1.02 bits per heavy atom. The predicted octanol–water partition coefficient (Wildman–Crippen LogP) is 7.61. The number of hydrogen-bond acceptors (Lipinski definition) is 6. The number of aryl methyl sites for hydroxylation is 1. The quantitative estimate of drug-likeness (QED) is 0.173. The number of esters is 1. The highest BCUT2D eigenvalue weighted by Gasteiger charge is 2.59. The fourth-order valence-corrected chi connectivity index (χ4v) is 6.90. The first-order valence-corrected chi connectivity index (χ1v) is 16.7. The van der Waals surface area contributed by atoms with Crippen LogP contribution >= 0.6 is 0 Å². The number of fused-ring (bicyclic) bond motifs is 1. The van der Waals surface area contributed by atoms with Gasteiger partial charge in [0, 0.05) is 18.5 Å². The van der Waals surface area contributed by atoms with Crippen molar-refractivity contribution in [3.8, 4) is 11.5 Å². The number of allylic oxidation sites excluding steroid dienone is 1. The van der Waals surface area contributed by atoms with Crippen molar-refractivity contribution in [1.29, 1.82) is 0 Å². The van der Waals surface area contributed by atoms with E-state index >= 15 is 0 Å². The topological polar surface area (TPSA) is 57.2 Å². The zero-order chi connectivity index (χ0) is 32.2. The molecule has 242 valence electrons. The maximum absolute atomic E-state index is 12.7. The first kappa shape index (κ1) is 32.3. The van der Waals surface area contributed by atoms with Crippen molar-refractivity contribution in [2.45, 2.75) is 104 Å². The summed E-state index contributed by atoms with van der Waals surface area (Å²) in [5.41, 5.74) is 4.33. The minimum atomic E-state index is -0.585. The molecular weight excluding hydrogens is 568 g/mol. The molecule has 2 saturated heterocycles. The van der Waals surface area contributed by atoms with Gasteiger partial charge in [0.2, 0.25) is 0 Å². The van der Waals surface area contributed by atoms with Crippen LogP contribution in [0.25, 0.3) is 5.57 Å². The first-order chi connectivity index (χ1) is 21.2. The van der Waals surface area contributed by atoms with Crippen LogP contribution in [0.4, 0.5) is 4.39 Å². The van der Waals surface area contributed by atoms with E-state index in [9.17, 15) is 9.18 Å². The highest BCUT2D eigenvalue weighted by molar-refractivity contribution is 6.56. The lowest BCUT2D eigenvalue weighted by atomic mass is 9.70. The number of carbonyl (C=O) groups excluding carboxylic acids is 1. The van der Waals surface area contributed by atoms with Crippen LogP contribution in [-0.4, -0.2) is 61.6 Å². The van der Waals surface area contributed by atoms with Gasteiger partial charge in [0.15, 0.2) is 0 Å². The Balaban J connectivity index is 1.29. The molecule has 1 spiro atoms. The van der Waals surface area contributed by atoms with E-state index < -0.39 is 23.7 Å². The first-order valence-electron chi connectivity index (χ1n) is 16.7. The van der Waals surface area contributed by atoms with Crippen LogP contribution in [0.15, 0.2) is 47.9 Å². The fraction of sp³-hybridized carbons (Fsp3) is 0.595. The number of ether oxygens (including phenoxy) is 2. The third-order valence-electron chi connectivity index (χ3n) is 10.5. The zero-order valence-electron chi connectivity index (χ0n) is 28.1. The lowest BCUT2D eigenvalue weighted by Gasteiger charge is -2.32. The lowest BCUT2D eigenvalue weighted by molar-refractivity contribution is -0.143. The Morgan fingerprint density at radius 2 is 1.71 bits per heavy atom. The van der Waals surface area contributed by atoms with Gasteiger partial charge in [0.25, 0.3) is 0 Å². The van der Waals surface area contributed by atoms with Gasteiger partial charge >= 0.3 is 13.1 Å². The Bertz CT molecular complexity index is 1450. The molecule has 0 amide bonds. The lowest BCUT2D eigenvalue weighted by Crippen LogP contribution is -2.41. The molecule has 45 heavy (non-hydrogen) atoms. The molecule has 8 heteroatoms. The SMILES string of the molecule is CC(C)(C)C(=O)Oc1ccc2c(c1)CCCC(B1OC(C)(C)C(C)(C)O1)=C2c1ccc(OC2CC23CCN(CCCF)C3)cc1. The van der Waals surface area contributed by atoms with Crippen LogP contribution in [0.3, 0.4) is 0 Å². The second-order valence-corrected chi connectivity index (χ2v) is 15.6. The van der Waals surface area contributed by atoms with Crippen LogP contribution in [0.2, 0.25) is 0 Å². The Morgan fingerprint density at radius 3 is 2.38 bits per heavy atom. The molecule has 2 aliphatic heterocycles. The number of likely N-dealkylation sites (tertiary alicyclic amines) is 1.